The van der Waals surface area contributed by atoms with Crippen molar-refractivity contribution in [2.75, 3.05) is 86.9 Å². The third kappa shape index (κ3) is 18.6. The molecule has 2 amide bonds. The highest BCUT2D eigenvalue weighted by atomic mass is 16.6. The molecular weight excluding hydrogens is 1110 g/mol. The first-order valence-corrected chi connectivity index (χ1v) is 29.5. The highest BCUT2D eigenvalue weighted by molar-refractivity contribution is 5.93. The number of amides is 2. The number of hydrogen-bond donors (Lipinski definition) is 5. The summed E-state index contributed by atoms with van der Waals surface area (Å²) in [6.07, 6.45) is 12.8. The number of carboxylic acids is 1. The number of carbonyl (C=O) groups excluding carboxylic acids is 2. The second kappa shape index (κ2) is 28.4. The first-order chi connectivity index (χ1) is 41.7. The number of benzene rings is 2. The number of nitrogens with one attached hydrogen (secondary N) is 4. The van der Waals surface area contributed by atoms with Crippen LogP contribution < -0.4 is 31.1 Å². The van der Waals surface area contributed by atoms with E-state index in [1.54, 1.807) is 34.4 Å². The first-order valence-electron chi connectivity index (χ1n) is 29.5. The minimum atomic E-state index is -0.939. The van der Waals surface area contributed by atoms with Crippen molar-refractivity contribution >= 4 is 52.6 Å². The fourth-order valence-corrected chi connectivity index (χ4v) is 9.33. The number of aromatic carboxylic acids is 1. The minimum absolute atomic E-state index is 0.143. The molecule has 2 fully saturated rings. The van der Waals surface area contributed by atoms with Crippen LogP contribution in [0.15, 0.2) is 123 Å². The zero-order valence-electron chi connectivity index (χ0n) is 53.0. The molecule has 0 aliphatic carbocycles. The smallest absolute Gasteiger partial charge is 0.407 e. The average Bonchev–Trinajstić information content (AvgIpc) is 3.82. The van der Waals surface area contributed by atoms with Crippen LogP contribution in [0.5, 0.6) is 0 Å². The zero-order valence-corrected chi connectivity index (χ0v) is 53.0. The number of ether oxygens (including phenoxy) is 1. The number of alkyl carbamates (subject to hydrolysis) is 1. The van der Waals surface area contributed by atoms with E-state index in [1.807, 2.05) is 137 Å². The molecular formula is C65H84N18O5. The Bertz CT molecular complexity index is 3620. The van der Waals surface area contributed by atoms with Crippen molar-refractivity contribution in [3.05, 3.63) is 156 Å². The fraction of sp³-hybridized carbons (Fsp3) is 0.400. The number of aromatic nitrogens is 10. The van der Waals surface area contributed by atoms with Crippen LogP contribution in [0.2, 0.25) is 0 Å². The molecule has 0 unspecified atom stereocenters. The fourth-order valence-electron chi connectivity index (χ4n) is 9.33. The van der Waals surface area contributed by atoms with Gasteiger partial charge in [0.25, 0.3) is 5.91 Å². The number of likely N-dealkylation sites (N-methyl/N-ethyl adjacent to an activating group) is 2. The van der Waals surface area contributed by atoms with Crippen molar-refractivity contribution in [2.45, 2.75) is 106 Å². The molecule has 23 heteroatoms. The van der Waals surface area contributed by atoms with Crippen molar-refractivity contribution in [3.8, 4) is 22.5 Å². The summed E-state index contributed by atoms with van der Waals surface area (Å²) in [6, 6.07) is 24.1. The summed E-state index contributed by atoms with van der Waals surface area (Å²) in [4.78, 5) is 71.3. The van der Waals surface area contributed by atoms with Crippen LogP contribution in [0.25, 0.3) is 22.5 Å². The average molecular weight is 1200 g/mol. The number of aryl methyl sites for hydroxylation is 2. The highest BCUT2D eigenvalue weighted by Gasteiger charge is 2.21. The Hall–Kier alpha value is -9.35. The van der Waals surface area contributed by atoms with E-state index in [-0.39, 0.29) is 22.5 Å². The molecule has 2 saturated heterocycles. The van der Waals surface area contributed by atoms with Crippen molar-refractivity contribution in [1.29, 1.82) is 0 Å². The van der Waals surface area contributed by atoms with E-state index in [4.69, 9.17) is 9.84 Å². The Morgan fingerprint density at radius 2 is 0.943 bits per heavy atom. The molecule has 2 aromatic carbocycles. The van der Waals surface area contributed by atoms with Crippen LogP contribution in [0, 0.1) is 13.8 Å². The summed E-state index contributed by atoms with van der Waals surface area (Å²) in [5.41, 5.74) is 9.91. The number of nitrogens with zero attached hydrogens (tertiary/aromatic N) is 14. The lowest BCUT2D eigenvalue weighted by molar-refractivity contribution is 0.0522. The van der Waals surface area contributed by atoms with Gasteiger partial charge in [0.15, 0.2) is 0 Å². The summed E-state index contributed by atoms with van der Waals surface area (Å²) in [6.45, 7) is 30.7. The maximum Gasteiger partial charge on any atom is 0.407 e. The monoisotopic (exact) mass is 1200 g/mol. The number of piperazine rings is 2. The number of rotatable bonds is 14. The largest absolute Gasteiger partial charge is 0.478 e. The molecule has 0 spiro atoms. The van der Waals surface area contributed by atoms with Gasteiger partial charge in [-0.1, -0.05) is 24.3 Å². The lowest BCUT2D eigenvalue weighted by Gasteiger charge is -2.33. The van der Waals surface area contributed by atoms with Gasteiger partial charge in [-0.15, -0.1) is 0 Å². The minimum Gasteiger partial charge on any atom is -0.478 e. The van der Waals surface area contributed by atoms with Gasteiger partial charge in [0.05, 0.1) is 69.8 Å². The SMILES string of the molecule is CC(C)(C)n1cc(C(=O)O)cn1.Cc1cc(-c2cc(Nc3ccc(N4CCN(C)CC4)cn3)ncn2)ccc1CNC(=O)OC(C)(C)C.Cc1cc(-c2cc(Nc3ccc(N4CCN(C)CC4)cn3)ncn2)ccc1CNC(=O)c1cnn(C(C)(C)C)c1. The van der Waals surface area contributed by atoms with Crippen LogP contribution >= 0.6 is 0 Å². The highest BCUT2D eigenvalue weighted by Crippen LogP contribution is 2.27. The van der Waals surface area contributed by atoms with E-state index in [1.165, 1.54) is 12.4 Å². The van der Waals surface area contributed by atoms with Gasteiger partial charge in [-0.3, -0.25) is 14.2 Å². The Labute approximate surface area is 516 Å². The van der Waals surface area contributed by atoms with Gasteiger partial charge in [0, 0.05) is 101 Å². The maximum atomic E-state index is 12.7. The van der Waals surface area contributed by atoms with Crippen LogP contribution in [-0.2, 0) is 28.9 Å². The first kappa shape index (κ1) is 64.6. The Kier molecular flexibility index (Phi) is 20.9. The lowest BCUT2D eigenvalue weighted by atomic mass is 10.0. The molecule has 464 valence electrons. The summed E-state index contributed by atoms with van der Waals surface area (Å²) in [5, 5.41) is 29.3. The summed E-state index contributed by atoms with van der Waals surface area (Å²) in [5.74, 6) is 1.74. The van der Waals surface area contributed by atoms with Gasteiger partial charge in [0.1, 0.15) is 41.5 Å². The van der Waals surface area contributed by atoms with Crippen LogP contribution in [0.1, 0.15) is 105 Å². The van der Waals surface area contributed by atoms with Crippen molar-refractivity contribution in [1.82, 2.24) is 69.9 Å². The molecule has 5 N–H and O–H groups in total. The predicted octanol–water partition coefficient (Wildman–Crippen LogP) is 9.93. The molecule has 88 heavy (non-hydrogen) atoms. The second-order valence-electron chi connectivity index (χ2n) is 25.0. The molecule has 23 nitrogen and oxygen atoms in total. The van der Waals surface area contributed by atoms with Gasteiger partial charge in [0.2, 0.25) is 0 Å². The van der Waals surface area contributed by atoms with E-state index < -0.39 is 17.7 Å². The van der Waals surface area contributed by atoms with E-state index in [9.17, 15) is 14.4 Å². The van der Waals surface area contributed by atoms with Crippen molar-refractivity contribution < 1.29 is 24.2 Å². The summed E-state index contributed by atoms with van der Waals surface area (Å²) >= 11 is 0. The summed E-state index contributed by atoms with van der Waals surface area (Å²) < 4.78 is 8.75. The van der Waals surface area contributed by atoms with E-state index >= 15 is 0 Å². The zero-order chi connectivity index (χ0) is 63.3. The topological polar surface area (TPSA) is 255 Å². The Balaban J connectivity index is 0.000000193. The van der Waals surface area contributed by atoms with Gasteiger partial charge in [-0.05, 0) is 149 Å². The molecule has 6 aromatic heterocycles. The molecule has 2 aliphatic heterocycles. The van der Waals surface area contributed by atoms with Crippen molar-refractivity contribution in [3.63, 3.8) is 0 Å². The third-order valence-electron chi connectivity index (χ3n) is 14.7. The quantitative estimate of drug-likeness (QED) is 0.0679. The van der Waals surface area contributed by atoms with E-state index in [0.29, 0.717) is 30.3 Å². The molecule has 2 aliphatic rings. The predicted molar refractivity (Wildman–Crippen MR) is 345 cm³/mol. The Morgan fingerprint density at radius 1 is 0.511 bits per heavy atom. The number of carboxylic acid groups (broad SMARTS) is 1. The van der Waals surface area contributed by atoms with Gasteiger partial charge >= 0.3 is 12.1 Å². The van der Waals surface area contributed by atoms with Crippen LogP contribution in [0.4, 0.5) is 39.4 Å². The molecule has 8 heterocycles. The van der Waals surface area contributed by atoms with Gasteiger partial charge in [-0.2, -0.15) is 10.2 Å². The number of carbonyl (C=O) groups is 3. The molecule has 0 saturated carbocycles. The maximum absolute atomic E-state index is 12.7. The standard InChI is InChI=1S/C30H37N9O.C27H35N7O2.C8H12N2O2/c1-21-14-22(6-7-23(21)16-32-29(40)24-17-35-39(19-24)30(2,3)4)26-15-28(34-20-33-26)36-27-9-8-25(18-31-27)38-12-10-37(5)11-13-38;1-19-14-20(6-7-21(19)16-29-26(35)36-27(2,3)4)23-15-25(31-18-30-23)32-24-9-8-22(17-28-24)34-12-10-33(5)11-13-34;1-8(2,3)10-5-6(4-9-10)7(11)12/h6-9,14-15,17-20H,10-13,16H2,1-5H3,(H,32,40)(H,31,33,34,36);6-9,14-15,17-18H,10-13,16H2,1-5H3,(H,29,35)(H,28,30,31,32);4-5H,1-3H3,(H,11,12). The Morgan fingerprint density at radius 3 is 1.32 bits per heavy atom. The number of pyridine rings is 2. The molecule has 8 aromatic rings. The van der Waals surface area contributed by atoms with Gasteiger partial charge < -0.3 is 50.7 Å². The number of hydrogen-bond acceptors (Lipinski definition) is 18. The summed E-state index contributed by atoms with van der Waals surface area (Å²) in [7, 11) is 4.30. The number of anilines is 6. The molecule has 10 rings (SSSR count). The molecule has 0 radical (unpaired) electrons. The second-order valence-corrected chi connectivity index (χ2v) is 25.0. The van der Waals surface area contributed by atoms with E-state index in [2.05, 4.69) is 119 Å². The lowest BCUT2D eigenvalue weighted by Crippen LogP contribution is -2.44. The third-order valence-corrected chi connectivity index (χ3v) is 14.7. The van der Waals surface area contributed by atoms with Crippen molar-refractivity contribution in [2.24, 2.45) is 0 Å². The molecule has 0 bridgehead atoms. The van der Waals surface area contributed by atoms with E-state index in [0.717, 1.165) is 120 Å². The molecule has 0 atom stereocenters. The van der Waals surface area contributed by atoms with Crippen LogP contribution in [-0.4, -0.2) is 154 Å². The van der Waals surface area contributed by atoms with Gasteiger partial charge in [-0.25, -0.2) is 39.5 Å². The van der Waals surface area contributed by atoms with Crippen LogP contribution in [0.3, 0.4) is 0 Å². The normalized spacial score (nSPS) is 14.0.